The molecule has 1 aromatic carbocycles. The SMILES string of the molecule is O=C(CCc1cncnc1)NCCc1c[nH]c2ccccc12. The van der Waals surface area contributed by atoms with Crippen molar-refractivity contribution in [1.29, 1.82) is 0 Å². The van der Waals surface area contributed by atoms with Gasteiger partial charge in [-0.1, -0.05) is 18.2 Å². The summed E-state index contributed by atoms with van der Waals surface area (Å²) in [4.78, 5) is 23.0. The number of fused-ring (bicyclic) bond motifs is 1. The number of hydrogen-bond acceptors (Lipinski definition) is 3. The van der Waals surface area contributed by atoms with E-state index in [4.69, 9.17) is 0 Å². The smallest absolute Gasteiger partial charge is 0.220 e. The number of aryl methyl sites for hydroxylation is 1. The van der Waals surface area contributed by atoms with E-state index < -0.39 is 0 Å². The third-order valence-electron chi connectivity index (χ3n) is 3.65. The summed E-state index contributed by atoms with van der Waals surface area (Å²) < 4.78 is 0. The Labute approximate surface area is 128 Å². The number of para-hydroxylation sites is 1. The van der Waals surface area contributed by atoms with Crippen LogP contribution in [0.25, 0.3) is 10.9 Å². The first-order chi connectivity index (χ1) is 10.8. The molecular weight excluding hydrogens is 276 g/mol. The first-order valence-electron chi connectivity index (χ1n) is 7.38. The number of hydrogen-bond donors (Lipinski definition) is 2. The minimum Gasteiger partial charge on any atom is -0.361 e. The topological polar surface area (TPSA) is 70.7 Å². The largest absolute Gasteiger partial charge is 0.361 e. The van der Waals surface area contributed by atoms with E-state index in [-0.39, 0.29) is 5.91 Å². The van der Waals surface area contributed by atoms with E-state index in [1.54, 1.807) is 12.4 Å². The number of nitrogens with zero attached hydrogens (tertiary/aromatic N) is 2. The van der Waals surface area contributed by atoms with Crippen molar-refractivity contribution in [2.24, 2.45) is 0 Å². The monoisotopic (exact) mass is 294 g/mol. The molecule has 0 saturated heterocycles. The summed E-state index contributed by atoms with van der Waals surface area (Å²) in [5.41, 5.74) is 3.34. The molecule has 0 aliphatic heterocycles. The number of benzene rings is 1. The Balaban J connectivity index is 1.45. The van der Waals surface area contributed by atoms with Gasteiger partial charge in [-0.2, -0.15) is 0 Å². The van der Waals surface area contributed by atoms with Crippen molar-refractivity contribution in [2.75, 3.05) is 6.54 Å². The fourth-order valence-corrected chi connectivity index (χ4v) is 2.48. The Morgan fingerprint density at radius 3 is 2.82 bits per heavy atom. The molecular formula is C17H18N4O. The van der Waals surface area contributed by atoms with Crippen molar-refractivity contribution in [3.8, 4) is 0 Å². The Morgan fingerprint density at radius 1 is 1.14 bits per heavy atom. The van der Waals surface area contributed by atoms with Crippen LogP contribution < -0.4 is 5.32 Å². The minimum atomic E-state index is 0.0590. The van der Waals surface area contributed by atoms with Gasteiger partial charge in [0.1, 0.15) is 6.33 Å². The van der Waals surface area contributed by atoms with E-state index in [9.17, 15) is 4.79 Å². The summed E-state index contributed by atoms with van der Waals surface area (Å²) in [6.07, 6.45) is 8.94. The second-order valence-electron chi connectivity index (χ2n) is 5.21. The fourth-order valence-electron chi connectivity index (χ4n) is 2.48. The number of aromatic amines is 1. The van der Waals surface area contributed by atoms with E-state index in [1.165, 1.54) is 17.3 Å². The third-order valence-corrected chi connectivity index (χ3v) is 3.65. The third kappa shape index (κ3) is 3.49. The van der Waals surface area contributed by atoms with E-state index in [2.05, 4.69) is 32.4 Å². The summed E-state index contributed by atoms with van der Waals surface area (Å²) in [5, 5.41) is 4.18. The van der Waals surface area contributed by atoms with Gasteiger partial charge in [0.15, 0.2) is 0 Å². The predicted octanol–water partition coefficient (Wildman–Crippen LogP) is 2.25. The molecule has 3 rings (SSSR count). The highest BCUT2D eigenvalue weighted by Crippen LogP contribution is 2.17. The summed E-state index contributed by atoms with van der Waals surface area (Å²) >= 11 is 0. The molecule has 0 atom stereocenters. The number of amides is 1. The van der Waals surface area contributed by atoms with Gasteiger partial charge in [0.05, 0.1) is 0 Å². The van der Waals surface area contributed by atoms with Gasteiger partial charge in [0.2, 0.25) is 5.91 Å². The highest BCUT2D eigenvalue weighted by molar-refractivity contribution is 5.83. The molecule has 112 valence electrons. The van der Waals surface area contributed by atoms with Crippen LogP contribution in [-0.2, 0) is 17.6 Å². The molecule has 2 heterocycles. The van der Waals surface area contributed by atoms with Gasteiger partial charge in [-0.3, -0.25) is 4.79 Å². The normalized spacial score (nSPS) is 10.7. The van der Waals surface area contributed by atoms with Crippen LogP contribution in [0.5, 0.6) is 0 Å². The molecule has 0 unspecified atom stereocenters. The molecule has 0 spiro atoms. The molecule has 0 bridgehead atoms. The van der Waals surface area contributed by atoms with Crippen molar-refractivity contribution in [1.82, 2.24) is 20.3 Å². The molecule has 0 aliphatic rings. The highest BCUT2D eigenvalue weighted by Gasteiger charge is 2.05. The summed E-state index contributed by atoms with van der Waals surface area (Å²) in [6.45, 7) is 0.645. The van der Waals surface area contributed by atoms with Crippen LogP contribution in [0.4, 0.5) is 0 Å². The highest BCUT2D eigenvalue weighted by atomic mass is 16.1. The van der Waals surface area contributed by atoms with Crippen LogP contribution in [0.2, 0.25) is 0 Å². The van der Waals surface area contributed by atoms with Crippen molar-refractivity contribution in [3.63, 3.8) is 0 Å². The van der Waals surface area contributed by atoms with E-state index >= 15 is 0 Å². The van der Waals surface area contributed by atoms with Gasteiger partial charge < -0.3 is 10.3 Å². The maximum Gasteiger partial charge on any atom is 0.220 e. The van der Waals surface area contributed by atoms with Crippen LogP contribution in [0.3, 0.4) is 0 Å². The first kappa shape index (κ1) is 14.3. The van der Waals surface area contributed by atoms with Crippen LogP contribution >= 0.6 is 0 Å². The number of aromatic nitrogens is 3. The van der Waals surface area contributed by atoms with Crippen LogP contribution in [0.1, 0.15) is 17.5 Å². The Kier molecular flexibility index (Phi) is 4.44. The molecule has 0 fully saturated rings. The van der Waals surface area contributed by atoms with Crippen LogP contribution in [-0.4, -0.2) is 27.4 Å². The molecule has 5 nitrogen and oxygen atoms in total. The number of nitrogens with one attached hydrogen (secondary N) is 2. The van der Waals surface area contributed by atoms with Crippen molar-refractivity contribution in [3.05, 3.63) is 60.3 Å². The average Bonchev–Trinajstić information content (AvgIpc) is 2.97. The molecule has 0 saturated carbocycles. The van der Waals surface area contributed by atoms with E-state index in [0.29, 0.717) is 19.4 Å². The average molecular weight is 294 g/mol. The second-order valence-corrected chi connectivity index (χ2v) is 5.21. The molecule has 1 amide bonds. The number of H-pyrrole nitrogens is 1. The van der Waals surface area contributed by atoms with E-state index in [1.807, 2.05) is 18.3 Å². The lowest BCUT2D eigenvalue weighted by atomic mass is 10.1. The molecule has 5 heteroatoms. The zero-order valence-electron chi connectivity index (χ0n) is 12.2. The zero-order valence-corrected chi connectivity index (χ0v) is 12.2. The van der Waals surface area contributed by atoms with Crippen molar-refractivity contribution in [2.45, 2.75) is 19.3 Å². The summed E-state index contributed by atoms with van der Waals surface area (Å²) in [6, 6.07) is 8.19. The lowest BCUT2D eigenvalue weighted by Gasteiger charge is -2.05. The molecule has 2 N–H and O–H groups in total. The van der Waals surface area contributed by atoms with Gasteiger partial charge in [-0.15, -0.1) is 0 Å². The van der Waals surface area contributed by atoms with E-state index in [0.717, 1.165) is 17.5 Å². The quantitative estimate of drug-likeness (QED) is 0.732. The van der Waals surface area contributed by atoms with Crippen LogP contribution in [0.15, 0.2) is 49.2 Å². The molecule has 2 aromatic heterocycles. The second kappa shape index (κ2) is 6.85. The Hall–Kier alpha value is -2.69. The number of carbonyl (C=O) groups is 1. The van der Waals surface area contributed by atoms with Gasteiger partial charge in [-0.25, -0.2) is 9.97 Å². The Morgan fingerprint density at radius 2 is 1.95 bits per heavy atom. The van der Waals surface area contributed by atoms with Crippen molar-refractivity contribution < 1.29 is 4.79 Å². The van der Waals surface area contributed by atoms with Gasteiger partial charge in [-0.05, 0) is 30.0 Å². The molecule has 22 heavy (non-hydrogen) atoms. The summed E-state index contributed by atoms with van der Waals surface area (Å²) in [7, 11) is 0. The van der Waals surface area contributed by atoms with Crippen molar-refractivity contribution >= 4 is 16.8 Å². The zero-order chi connectivity index (χ0) is 15.2. The van der Waals surface area contributed by atoms with Gasteiger partial charge >= 0.3 is 0 Å². The standard InChI is InChI=1S/C17H18N4O/c22-17(6-5-13-9-18-12-19-10-13)20-8-7-14-11-21-16-4-2-1-3-15(14)16/h1-4,9-12,21H,5-8H2,(H,20,22). The van der Waals surface area contributed by atoms with Gasteiger partial charge in [0, 0.05) is 42.5 Å². The lowest BCUT2D eigenvalue weighted by Crippen LogP contribution is -2.25. The maximum atomic E-state index is 11.8. The summed E-state index contributed by atoms with van der Waals surface area (Å²) in [5.74, 6) is 0.0590. The molecule has 0 radical (unpaired) electrons. The minimum absolute atomic E-state index is 0.0590. The fraction of sp³-hybridized carbons (Fsp3) is 0.235. The first-order valence-corrected chi connectivity index (χ1v) is 7.38. The molecule has 3 aromatic rings. The lowest BCUT2D eigenvalue weighted by molar-refractivity contribution is -0.121. The predicted molar refractivity (Wildman–Crippen MR) is 85.4 cm³/mol. The Bertz CT molecular complexity index is 751. The number of rotatable bonds is 6. The maximum absolute atomic E-state index is 11.8. The number of carbonyl (C=O) groups excluding carboxylic acids is 1. The van der Waals surface area contributed by atoms with Gasteiger partial charge in [0.25, 0.3) is 0 Å². The molecule has 0 aliphatic carbocycles. The van der Waals surface area contributed by atoms with Crippen LogP contribution in [0, 0.1) is 0 Å².